The molecule has 4 heteroatoms. The molecule has 0 aliphatic heterocycles. The lowest BCUT2D eigenvalue weighted by molar-refractivity contribution is -0.132. The van der Waals surface area contributed by atoms with Crippen LogP contribution < -0.4 is 5.32 Å². The van der Waals surface area contributed by atoms with Gasteiger partial charge < -0.3 is 10.1 Å². The van der Waals surface area contributed by atoms with E-state index in [1.54, 1.807) is 6.92 Å². The van der Waals surface area contributed by atoms with E-state index in [1.165, 1.54) is 0 Å². The van der Waals surface area contributed by atoms with Gasteiger partial charge >= 0.3 is 0 Å². The van der Waals surface area contributed by atoms with Gasteiger partial charge in [-0.3, -0.25) is 9.69 Å². The summed E-state index contributed by atoms with van der Waals surface area (Å²) >= 11 is 0. The molecule has 22 heavy (non-hydrogen) atoms. The normalized spacial score (nSPS) is 12.9. The lowest BCUT2D eigenvalue weighted by atomic mass is 10.2. The van der Waals surface area contributed by atoms with Crippen molar-refractivity contribution in [2.24, 2.45) is 0 Å². The molecule has 0 spiro atoms. The third-order valence-electron chi connectivity index (χ3n) is 3.71. The summed E-state index contributed by atoms with van der Waals surface area (Å²) in [6, 6.07) is 10.8. The minimum Gasteiger partial charge on any atom is -0.364 e. The fourth-order valence-corrected chi connectivity index (χ4v) is 2.44. The zero-order valence-corrected chi connectivity index (χ0v) is 14.5. The van der Waals surface area contributed by atoms with E-state index in [1.807, 2.05) is 30.3 Å². The van der Waals surface area contributed by atoms with Crippen LogP contribution in [0.5, 0.6) is 0 Å². The first-order valence-corrected chi connectivity index (χ1v) is 8.10. The summed E-state index contributed by atoms with van der Waals surface area (Å²) in [5.74, 6) is -0.0524. The van der Waals surface area contributed by atoms with Gasteiger partial charge in [0.2, 0.25) is 5.91 Å². The van der Waals surface area contributed by atoms with Crippen LogP contribution in [0.15, 0.2) is 30.3 Å². The quantitative estimate of drug-likeness (QED) is 0.763. The summed E-state index contributed by atoms with van der Waals surface area (Å²) in [5, 5.41) is 2.95. The van der Waals surface area contributed by atoms with Gasteiger partial charge in [0.15, 0.2) is 0 Å². The van der Waals surface area contributed by atoms with E-state index in [2.05, 4.69) is 37.9 Å². The van der Waals surface area contributed by atoms with Gasteiger partial charge in [-0.1, -0.05) is 30.3 Å². The van der Waals surface area contributed by atoms with Crippen molar-refractivity contribution in [1.29, 1.82) is 0 Å². The maximum absolute atomic E-state index is 12.0. The van der Waals surface area contributed by atoms with E-state index in [9.17, 15) is 4.79 Å². The second kappa shape index (κ2) is 9.59. The van der Waals surface area contributed by atoms with E-state index < -0.39 is 6.10 Å². The van der Waals surface area contributed by atoms with Crippen LogP contribution in [-0.2, 0) is 16.1 Å². The van der Waals surface area contributed by atoms with Gasteiger partial charge in [0, 0.05) is 25.2 Å². The average molecular weight is 306 g/mol. The highest BCUT2D eigenvalue weighted by Crippen LogP contribution is 2.05. The number of rotatable bonds is 9. The van der Waals surface area contributed by atoms with Crippen LogP contribution in [0.3, 0.4) is 0 Å². The monoisotopic (exact) mass is 306 g/mol. The molecule has 0 aliphatic carbocycles. The second-order valence-electron chi connectivity index (χ2n) is 6.16. The Morgan fingerprint density at radius 2 is 1.68 bits per heavy atom. The highest BCUT2D eigenvalue weighted by atomic mass is 16.5. The molecule has 1 N–H and O–H groups in total. The first-order chi connectivity index (χ1) is 10.4. The smallest absolute Gasteiger partial charge is 0.248 e. The van der Waals surface area contributed by atoms with Crippen LogP contribution in [-0.4, -0.2) is 42.1 Å². The Labute approximate surface area is 134 Å². The summed E-state index contributed by atoms with van der Waals surface area (Å²) in [4.78, 5) is 14.4. The van der Waals surface area contributed by atoms with Crippen molar-refractivity contribution in [3.8, 4) is 0 Å². The van der Waals surface area contributed by atoms with Gasteiger partial charge in [-0.05, 0) is 40.2 Å². The molecular weight excluding hydrogens is 276 g/mol. The van der Waals surface area contributed by atoms with Gasteiger partial charge in [0.05, 0.1) is 6.61 Å². The lowest BCUT2D eigenvalue weighted by Crippen LogP contribution is -2.44. The highest BCUT2D eigenvalue weighted by molar-refractivity contribution is 5.80. The Bertz CT molecular complexity index is 424. The molecule has 1 rings (SSSR count). The van der Waals surface area contributed by atoms with E-state index in [0.717, 1.165) is 12.1 Å². The molecule has 1 amide bonds. The van der Waals surface area contributed by atoms with Crippen LogP contribution in [0.4, 0.5) is 0 Å². The highest BCUT2D eigenvalue weighted by Gasteiger charge is 2.16. The van der Waals surface area contributed by atoms with E-state index >= 15 is 0 Å². The third kappa shape index (κ3) is 6.58. The maximum atomic E-state index is 12.0. The minimum atomic E-state index is -0.438. The molecule has 0 bridgehead atoms. The summed E-state index contributed by atoms with van der Waals surface area (Å²) in [6.45, 7) is 12.4. The van der Waals surface area contributed by atoms with Crippen molar-refractivity contribution >= 4 is 5.91 Å². The summed E-state index contributed by atoms with van der Waals surface area (Å²) in [5.41, 5.74) is 1.08. The lowest BCUT2D eigenvalue weighted by Gasteiger charge is -2.30. The molecule has 0 fully saturated rings. The van der Waals surface area contributed by atoms with Gasteiger partial charge in [-0.15, -0.1) is 0 Å². The average Bonchev–Trinajstić information content (AvgIpc) is 2.49. The summed E-state index contributed by atoms with van der Waals surface area (Å²) in [6.07, 6.45) is -0.438. The molecule has 1 unspecified atom stereocenters. The molecule has 0 heterocycles. The second-order valence-corrected chi connectivity index (χ2v) is 6.16. The van der Waals surface area contributed by atoms with Gasteiger partial charge in [0.25, 0.3) is 0 Å². The Balaban J connectivity index is 2.29. The van der Waals surface area contributed by atoms with Crippen LogP contribution in [0.25, 0.3) is 0 Å². The predicted octanol–water partition coefficient (Wildman–Crippen LogP) is 2.83. The van der Waals surface area contributed by atoms with Gasteiger partial charge in [-0.25, -0.2) is 0 Å². The molecule has 124 valence electrons. The van der Waals surface area contributed by atoms with E-state index in [4.69, 9.17) is 4.74 Å². The Morgan fingerprint density at radius 3 is 2.23 bits per heavy atom. The molecule has 1 atom stereocenters. The molecule has 0 aliphatic rings. The minimum absolute atomic E-state index is 0.0524. The number of ether oxygens (including phenoxy) is 1. The van der Waals surface area contributed by atoms with Crippen molar-refractivity contribution < 1.29 is 9.53 Å². The number of carbonyl (C=O) groups is 1. The first-order valence-electron chi connectivity index (χ1n) is 8.10. The largest absolute Gasteiger partial charge is 0.364 e. The molecule has 0 saturated heterocycles. The summed E-state index contributed by atoms with van der Waals surface area (Å²) < 4.78 is 5.62. The first kappa shape index (κ1) is 18.7. The number of amides is 1. The van der Waals surface area contributed by atoms with Crippen molar-refractivity contribution in [2.45, 2.75) is 59.4 Å². The van der Waals surface area contributed by atoms with Gasteiger partial charge in [0.1, 0.15) is 6.10 Å². The number of nitrogens with one attached hydrogen (secondary N) is 1. The number of hydrogen-bond donors (Lipinski definition) is 1. The van der Waals surface area contributed by atoms with Crippen LogP contribution in [0.1, 0.15) is 40.2 Å². The van der Waals surface area contributed by atoms with Crippen LogP contribution >= 0.6 is 0 Å². The zero-order valence-electron chi connectivity index (χ0n) is 14.5. The number of hydrogen-bond acceptors (Lipinski definition) is 3. The van der Waals surface area contributed by atoms with E-state index in [-0.39, 0.29) is 5.91 Å². The fraction of sp³-hybridized carbons (Fsp3) is 0.611. The third-order valence-corrected chi connectivity index (χ3v) is 3.71. The standard InChI is InChI=1S/C18H30N2O2/c1-14(2)20(15(3)4)12-11-19-18(21)16(5)22-13-17-9-7-6-8-10-17/h6-10,14-16H,11-13H2,1-5H3,(H,19,21). The van der Waals surface area contributed by atoms with Crippen molar-refractivity contribution in [1.82, 2.24) is 10.2 Å². The van der Waals surface area contributed by atoms with E-state index in [0.29, 0.717) is 25.2 Å². The molecule has 0 saturated carbocycles. The molecule has 1 aromatic carbocycles. The fourth-order valence-electron chi connectivity index (χ4n) is 2.44. The molecule has 0 radical (unpaired) electrons. The zero-order chi connectivity index (χ0) is 16.5. The Hall–Kier alpha value is -1.39. The topological polar surface area (TPSA) is 41.6 Å². The van der Waals surface area contributed by atoms with Crippen molar-refractivity contribution in [3.63, 3.8) is 0 Å². The van der Waals surface area contributed by atoms with Crippen molar-refractivity contribution in [2.75, 3.05) is 13.1 Å². The predicted molar refractivity (Wildman–Crippen MR) is 90.7 cm³/mol. The molecule has 0 aromatic heterocycles. The van der Waals surface area contributed by atoms with Crippen LogP contribution in [0.2, 0.25) is 0 Å². The summed E-state index contributed by atoms with van der Waals surface area (Å²) in [7, 11) is 0. The Kier molecular flexibility index (Phi) is 8.13. The number of nitrogens with zero attached hydrogens (tertiary/aromatic N) is 1. The number of carbonyl (C=O) groups excluding carboxylic acids is 1. The molecular formula is C18H30N2O2. The SMILES string of the molecule is CC(OCc1ccccc1)C(=O)NCCN(C(C)C)C(C)C. The van der Waals surface area contributed by atoms with Crippen LogP contribution in [0, 0.1) is 0 Å². The maximum Gasteiger partial charge on any atom is 0.248 e. The Morgan fingerprint density at radius 1 is 1.09 bits per heavy atom. The molecule has 1 aromatic rings. The van der Waals surface area contributed by atoms with Gasteiger partial charge in [-0.2, -0.15) is 0 Å². The number of benzene rings is 1. The van der Waals surface area contributed by atoms with Crippen molar-refractivity contribution in [3.05, 3.63) is 35.9 Å². The molecule has 4 nitrogen and oxygen atoms in total.